The molecule has 1 saturated heterocycles. The first-order valence-corrected chi connectivity index (χ1v) is 24.5. The molecule has 1 aliphatic rings. The summed E-state index contributed by atoms with van der Waals surface area (Å²) in [6.45, 7) is 1.13. The molecule has 0 bridgehead atoms. The second kappa shape index (κ2) is 32.9. The largest absolute Gasteiger partial charge is 0.508 e. The topological polar surface area (TPSA) is 443 Å². The highest BCUT2D eigenvalue weighted by Crippen LogP contribution is 2.15. The van der Waals surface area contributed by atoms with E-state index in [4.69, 9.17) is 17.2 Å². The lowest BCUT2D eigenvalue weighted by Crippen LogP contribution is -2.62. The number of amides is 11. The number of phenols is 1. The van der Waals surface area contributed by atoms with Gasteiger partial charge in [0.2, 0.25) is 65.0 Å². The summed E-state index contributed by atoms with van der Waals surface area (Å²) in [5, 5.41) is 59.6. The van der Waals surface area contributed by atoms with E-state index in [0.29, 0.717) is 12.8 Å². The maximum atomic E-state index is 14.1. The van der Waals surface area contributed by atoms with Gasteiger partial charge in [0.25, 0.3) is 0 Å². The van der Waals surface area contributed by atoms with E-state index in [1.165, 1.54) is 30.7 Å². The van der Waals surface area contributed by atoms with Crippen molar-refractivity contribution >= 4 is 65.0 Å². The number of hydrogen-bond donors (Lipinski definition) is 15. The number of aliphatic hydroxyl groups excluding tert-OH is 3. The van der Waals surface area contributed by atoms with Gasteiger partial charge in [-0.25, -0.2) is 0 Å². The molecule has 1 aromatic rings. The van der Waals surface area contributed by atoms with Gasteiger partial charge in [0.05, 0.1) is 32.2 Å². The Hall–Kier alpha value is -6.93. The minimum Gasteiger partial charge on any atom is -0.508 e. The fraction of sp³-hybridized carbons (Fsp3) is 0.638. The van der Waals surface area contributed by atoms with Crippen LogP contribution in [0.1, 0.15) is 122 Å². The number of benzene rings is 1. The molecule has 2 rings (SSSR count). The van der Waals surface area contributed by atoms with Crippen molar-refractivity contribution in [3.63, 3.8) is 0 Å². The smallest absolute Gasteiger partial charge is 0.245 e. The zero-order valence-corrected chi connectivity index (χ0v) is 41.5. The van der Waals surface area contributed by atoms with Crippen LogP contribution < -0.4 is 59.7 Å². The van der Waals surface area contributed by atoms with Crippen molar-refractivity contribution in [1.29, 1.82) is 0 Å². The van der Waals surface area contributed by atoms with Crippen LogP contribution in [-0.2, 0) is 59.2 Å². The van der Waals surface area contributed by atoms with Gasteiger partial charge in [0.15, 0.2) is 0 Å². The van der Waals surface area contributed by atoms with E-state index < -0.39 is 171 Å². The number of unbranched alkanes of at least 4 members (excludes halogenated alkanes) is 9. The van der Waals surface area contributed by atoms with Crippen LogP contribution in [0.4, 0.5) is 0 Å². The number of nitrogens with one attached hydrogen (secondary N) is 8. The Morgan fingerprint density at radius 2 is 0.959 bits per heavy atom. The van der Waals surface area contributed by atoms with E-state index in [1.54, 1.807) is 0 Å². The molecule has 408 valence electrons. The van der Waals surface area contributed by atoms with Gasteiger partial charge >= 0.3 is 0 Å². The van der Waals surface area contributed by atoms with E-state index in [9.17, 15) is 73.2 Å². The minimum atomic E-state index is -1.91. The predicted molar refractivity (Wildman–Crippen MR) is 260 cm³/mol. The number of nitrogens with two attached hydrogens (primary N) is 3. The van der Waals surface area contributed by atoms with Crippen LogP contribution in [0.15, 0.2) is 24.3 Å². The molecule has 1 fully saturated rings. The third kappa shape index (κ3) is 23.9. The fourth-order valence-electron chi connectivity index (χ4n) is 7.73. The van der Waals surface area contributed by atoms with E-state index in [1.807, 2.05) is 0 Å². The highest BCUT2D eigenvalue weighted by atomic mass is 16.3. The van der Waals surface area contributed by atoms with Crippen LogP contribution in [0.3, 0.4) is 0 Å². The molecule has 0 aromatic heterocycles. The molecular formula is C47H75N11O15. The third-order valence-corrected chi connectivity index (χ3v) is 11.8. The number of aliphatic hydroxyl groups is 3. The molecule has 1 aliphatic heterocycles. The highest BCUT2D eigenvalue weighted by Gasteiger charge is 2.36. The standard InChI is InChI=1S/C47H75N11O15/c1-3-4-5-6-7-8-9-10-11-12-13-28-21-39(66)52-34(24-59)45(71)53-30(18-19-36(48)63)41(67)55-32(22-37(49)64)43(69)54-31(20-27-14-16-29(62)17-15-27)42(68)56-33(23-38(50)65)44(70)57-35(25-60)46(72)58-40(26(2)61)47(73)51-28/h14-17,26,28,30-35,40,59-62H,3-13,18-25H2,1-2H3,(H2,48,63)(H2,49,64)(H2,50,65)(H,51,73)(H,52,66)(H,53,71)(H,54,69)(H,55,67)(H,56,68)(H,57,70)(H,58,72)/t26-,28-,30+,31-,32+,33+,34+,35-,40+/m1/s1. The average Bonchev–Trinajstić information content (AvgIpc) is 3.32. The average molecular weight is 1030 g/mol. The van der Waals surface area contributed by atoms with E-state index in [-0.39, 0.29) is 17.7 Å². The number of rotatable bonds is 23. The van der Waals surface area contributed by atoms with Crippen molar-refractivity contribution in [2.75, 3.05) is 13.2 Å². The maximum Gasteiger partial charge on any atom is 0.245 e. The summed E-state index contributed by atoms with van der Waals surface area (Å²) in [5.74, 6) is -12.6. The van der Waals surface area contributed by atoms with Crippen molar-refractivity contribution in [2.45, 2.75) is 177 Å². The van der Waals surface area contributed by atoms with Crippen LogP contribution in [0.25, 0.3) is 0 Å². The van der Waals surface area contributed by atoms with Gasteiger partial charge in [-0.2, -0.15) is 0 Å². The van der Waals surface area contributed by atoms with Gasteiger partial charge in [-0.1, -0.05) is 83.3 Å². The summed E-state index contributed by atoms with van der Waals surface area (Å²) in [7, 11) is 0. The molecule has 0 radical (unpaired) electrons. The Labute approximate surface area is 423 Å². The normalized spacial score (nSPS) is 23.8. The zero-order chi connectivity index (χ0) is 54.6. The Morgan fingerprint density at radius 3 is 1.45 bits per heavy atom. The van der Waals surface area contributed by atoms with Crippen LogP contribution in [0.5, 0.6) is 5.75 Å². The monoisotopic (exact) mass is 1030 g/mol. The summed E-state index contributed by atoms with van der Waals surface area (Å²) >= 11 is 0. The molecule has 11 amide bonds. The van der Waals surface area contributed by atoms with Gasteiger partial charge in [-0.05, 0) is 37.5 Å². The van der Waals surface area contributed by atoms with Crippen LogP contribution in [0.2, 0.25) is 0 Å². The first kappa shape index (κ1) is 62.2. The van der Waals surface area contributed by atoms with E-state index >= 15 is 0 Å². The summed E-state index contributed by atoms with van der Waals surface area (Å²) in [5.41, 5.74) is 16.5. The molecule has 1 heterocycles. The molecule has 9 atom stereocenters. The molecule has 18 N–H and O–H groups in total. The van der Waals surface area contributed by atoms with E-state index in [2.05, 4.69) is 49.5 Å². The molecule has 0 spiro atoms. The van der Waals surface area contributed by atoms with Crippen LogP contribution in [-0.4, -0.2) is 153 Å². The summed E-state index contributed by atoms with van der Waals surface area (Å²) in [6.07, 6.45) is 4.45. The fourth-order valence-corrected chi connectivity index (χ4v) is 7.73. The van der Waals surface area contributed by atoms with Gasteiger partial charge in [-0.15, -0.1) is 0 Å². The first-order chi connectivity index (χ1) is 34.6. The van der Waals surface area contributed by atoms with Gasteiger partial charge < -0.3 is 80.2 Å². The van der Waals surface area contributed by atoms with Crippen molar-refractivity contribution < 1.29 is 73.2 Å². The van der Waals surface area contributed by atoms with Crippen molar-refractivity contribution in [3.8, 4) is 5.75 Å². The second-order valence-corrected chi connectivity index (χ2v) is 18.1. The molecular weight excluding hydrogens is 959 g/mol. The van der Waals surface area contributed by atoms with Crippen molar-refractivity contribution in [2.24, 2.45) is 17.2 Å². The number of aromatic hydroxyl groups is 1. The van der Waals surface area contributed by atoms with Gasteiger partial charge in [0.1, 0.15) is 48.0 Å². The van der Waals surface area contributed by atoms with Crippen LogP contribution in [0, 0.1) is 0 Å². The number of carbonyl (C=O) groups is 11. The number of primary amides is 3. The Morgan fingerprint density at radius 1 is 0.534 bits per heavy atom. The molecule has 0 aliphatic carbocycles. The van der Waals surface area contributed by atoms with Crippen molar-refractivity contribution in [3.05, 3.63) is 29.8 Å². The molecule has 0 saturated carbocycles. The number of phenolic OH excluding ortho intramolecular Hbond substituents is 1. The van der Waals surface area contributed by atoms with Crippen LogP contribution >= 0.6 is 0 Å². The lowest BCUT2D eigenvalue weighted by atomic mass is 10.0. The maximum absolute atomic E-state index is 14.1. The summed E-state index contributed by atoms with van der Waals surface area (Å²) in [6, 6.07) is -8.51. The van der Waals surface area contributed by atoms with Crippen molar-refractivity contribution in [1.82, 2.24) is 42.5 Å². The lowest BCUT2D eigenvalue weighted by Gasteiger charge is -2.28. The quantitative estimate of drug-likeness (QED) is 0.0464. The molecule has 26 nitrogen and oxygen atoms in total. The minimum absolute atomic E-state index is 0.179. The first-order valence-electron chi connectivity index (χ1n) is 24.5. The Kier molecular flexibility index (Phi) is 28.0. The van der Waals surface area contributed by atoms with E-state index in [0.717, 1.165) is 51.9 Å². The predicted octanol–water partition coefficient (Wildman–Crippen LogP) is -4.09. The van der Waals surface area contributed by atoms with Gasteiger partial charge in [0, 0.05) is 25.3 Å². The molecule has 26 heteroatoms. The summed E-state index contributed by atoms with van der Waals surface area (Å²) in [4.78, 5) is 147. The Bertz CT molecular complexity index is 2040. The molecule has 1 aromatic carbocycles. The summed E-state index contributed by atoms with van der Waals surface area (Å²) < 4.78 is 0. The molecule has 0 unspecified atom stereocenters. The van der Waals surface area contributed by atoms with Gasteiger partial charge in [-0.3, -0.25) is 52.7 Å². The lowest BCUT2D eigenvalue weighted by molar-refractivity contribution is -0.137. The Balaban J connectivity index is 2.67. The number of hydrogen-bond acceptors (Lipinski definition) is 15. The SMILES string of the molecule is CCCCCCCCCCCC[C@@H]1CC(=O)N[C@@H](CO)C(=O)N[C@@H](CCC(N)=O)C(=O)N[C@@H](CC(N)=O)C(=O)N[C@H](Cc2ccc(O)cc2)C(=O)N[C@@H](CC(N)=O)C(=O)N[C@H](CO)C(=O)N[C@@H]([C@@H](C)O)C(=O)N1. The molecule has 73 heavy (non-hydrogen) atoms. The highest BCUT2D eigenvalue weighted by molar-refractivity contribution is 6.00. The zero-order valence-electron chi connectivity index (χ0n) is 41.5. The second-order valence-electron chi connectivity index (χ2n) is 18.1. The number of carbonyl (C=O) groups excluding carboxylic acids is 11. The third-order valence-electron chi connectivity index (χ3n) is 11.8.